The molecule has 22 heavy (non-hydrogen) atoms. The molecule has 1 atom stereocenters. The quantitative estimate of drug-likeness (QED) is 0.856. The predicted molar refractivity (Wildman–Crippen MR) is 80.0 cm³/mol. The first-order valence-corrected chi connectivity index (χ1v) is 7.22. The van der Waals surface area contributed by atoms with E-state index in [9.17, 15) is 9.18 Å². The van der Waals surface area contributed by atoms with E-state index >= 15 is 0 Å². The second-order valence-electron chi connectivity index (χ2n) is 5.36. The van der Waals surface area contributed by atoms with Crippen molar-refractivity contribution in [1.82, 2.24) is 9.88 Å². The fourth-order valence-electron chi connectivity index (χ4n) is 2.52. The molecule has 1 saturated heterocycles. The van der Waals surface area contributed by atoms with Crippen LogP contribution in [0.4, 0.5) is 4.39 Å². The number of hydrogen-bond acceptors (Lipinski definition) is 3. The lowest BCUT2D eigenvalue weighted by Crippen LogP contribution is -2.42. The van der Waals surface area contributed by atoms with Gasteiger partial charge < -0.3 is 9.64 Å². The van der Waals surface area contributed by atoms with Crippen molar-refractivity contribution in [3.8, 4) is 0 Å². The minimum Gasteiger partial charge on any atom is -0.370 e. The Morgan fingerprint density at radius 1 is 1.32 bits per heavy atom. The highest BCUT2D eigenvalue weighted by molar-refractivity contribution is 5.94. The Bertz CT molecular complexity index is 676. The molecular formula is C17H17FN2O2. The van der Waals surface area contributed by atoms with Crippen LogP contribution in [0.1, 0.15) is 27.6 Å². The number of pyridine rings is 1. The predicted octanol–water partition coefficient (Wildman–Crippen LogP) is 2.74. The van der Waals surface area contributed by atoms with Crippen LogP contribution < -0.4 is 0 Å². The van der Waals surface area contributed by atoms with Gasteiger partial charge in [-0.25, -0.2) is 4.39 Å². The average Bonchev–Trinajstić information content (AvgIpc) is 2.57. The zero-order chi connectivity index (χ0) is 15.5. The minimum atomic E-state index is -0.357. The number of morpholine rings is 1. The Hall–Kier alpha value is -2.27. The lowest BCUT2D eigenvalue weighted by Gasteiger charge is -2.33. The van der Waals surface area contributed by atoms with Gasteiger partial charge in [-0.3, -0.25) is 9.78 Å². The third-order valence-electron chi connectivity index (χ3n) is 3.85. The maximum absolute atomic E-state index is 13.6. The molecule has 1 aromatic heterocycles. The number of aryl methyl sites for hydroxylation is 1. The summed E-state index contributed by atoms with van der Waals surface area (Å²) in [6.07, 6.45) is 3.24. The van der Waals surface area contributed by atoms with Gasteiger partial charge in [0.15, 0.2) is 0 Å². The van der Waals surface area contributed by atoms with Gasteiger partial charge in [0.05, 0.1) is 13.2 Å². The number of benzene rings is 1. The first kappa shape index (κ1) is 14.7. The van der Waals surface area contributed by atoms with Crippen molar-refractivity contribution in [2.45, 2.75) is 13.0 Å². The van der Waals surface area contributed by atoms with Crippen LogP contribution in [0.25, 0.3) is 0 Å². The Morgan fingerprint density at radius 2 is 2.09 bits per heavy atom. The number of aromatic nitrogens is 1. The Morgan fingerprint density at radius 3 is 2.82 bits per heavy atom. The van der Waals surface area contributed by atoms with Crippen LogP contribution >= 0.6 is 0 Å². The van der Waals surface area contributed by atoms with Crippen molar-refractivity contribution in [2.24, 2.45) is 0 Å². The van der Waals surface area contributed by atoms with E-state index in [4.69, 9.17) is 4.74 Å². The van der Waals surface area contributed by atoms with E-state index in [0.717, 1.165) is 5.56 Å². The molecule has 2 aromatic rings. The number of hydrogen-bond donors (Lipinski definition) is 0. The van der Waals surface area contributed by atoms with Gasteiger partial charge in [-0.05, 0) is 42.3 Å². The third-order valence-corrected chi connectivity index (χ3v) is 3.85. The number of halogens is 1. The first-order valence-electron chi connectivity index (χ1n) is 7.22. The molecule has 0 saturated carbocycles. The van der Waals surface area contributed by atoms with Gasteiger partial charge in [0.25, 0.3) is 5.91 Å². The summed E-state index contributed by atoms with van der Waals surface area (Å²) >= 11 is 0. The number of ether oxygens (including phenoxy) is 1. The van der Waals surface area contributed by atoms with Crippen LogP contribution in [0.3, 0.4) is 0 Å². The maximum Gasteiger partial charge on any atom is 0.254 e. The van der Waals surface area contributed by atoms with Crippen molar-refractivity contribution < 1.29 is 13.9 Å². The number of carbonyl (C=O) groups excluding carboxylic acids is 1. The van der Waals surface area contributed by atoms with E-state index in [-0.39, 0.29) is 17.8 Å². The molecule has 3 rings (SSSR count). The molecule has 0 spiro atoms. The highest BCUT2D eigenvalue weighted by Crippen LogP contribution is 2.23. The summed E-state index contributed by atoms with van der Waals surface area (Å²) < 4.78 is 19.4. The molecule has 0 radical (unpaired) electrons. The van der Waals surface area contributed by atoms with Crippen molar-refractivity contribution in [3.63, 3.8) is 0 Å². The number of rotatable bonds is 2. The van der Waals surface area contributed by atoms with Gasteiger partial charge in [0.2, 0.25) is 0 Å². The second kappa shape index (κ2) is 6.23. The fraction of sp³-hybridized carbons (Fsp3) is 0.294. The minimum absolute atomic E-state index is 0.166. The molecule has 1 unspecified atom stereocenters. The summed E-state index contributed by atoms with van der Waals surface area (Å²) in [5, 5.41) is 0. The molecule has 2 heterocycles. The van der Waals surface area contributed by atoms with Crippen LogP contribution in [0.5, 0.6) is 0 Å². The van der Waals surface area contributed by atoms with E-state index < -0.39 is 0 Å². The molecule has 0 N–H and O–H groups in total. The lowest BCUT2D eigenvalue weighted by atomic mass is 10.1. The molecule has 1 fully saturated rings. The number of carbonyl (C=O) groups is 1. The zero-order valence-corrected chi connectivity index (χ0v) is 12.3. The summed E-state index contributed by atoms with van der Waals surface area (Å²) in [5.41, 5.74) is 1.90. The molecule has 4 nitrogen and oxygen atoms in total. The zero-order valence-electron chi connectivity index (χ0n) is 12.3. The van der Waals surface area contributed by atoms with Crippen LogP contribution in [0.15, 0.2) is 42.7 Å². The van der Waals surface area contributed by atoms with Crippen molar-refractivity contribution in [1.29, 1.82) is 0 Å². The Balaban J connectivity index is 1.76. The molecule has 5 heteroatoms. The van der Waals surface area contributed by atoms with Crippen molar-refractivity contribution in [2.75, 3.05) is 19.7 Å². The standard InChI is InChI=1S/C17H17FN2O2/c1-12-2-3-14(10-15(12)18)17(21)20-8-9-22-16(11-20)13-4-6-19-7-5-13/h2-7,10,16H,8-9,11H2,1H3. The van der Waals surface area contributed by atoms with Gasteiger partial charge in [-0.15, -0.1) is 0 Å². The van der Waals surface area contributed by atoms with E-state index in [1.54, 1.807) is 36.4 Å². The second-order valence-corrected chi connectivity index (χ2v) is 5.36. The fourth-order valence-corrected chi connectivity index (χ4v) is 2.52. The molecule has 1 aromatic carbocycles. The van der Waals surface area contributed by atoms with E-state index in [1.165, 1.54) is 6.07 Å². The van der Waals surface area contributed by atoms with Crippen LogP contribution in [0, 0.1) is 12.7 Å². The summed E-state index contributed by atoms with van der Waals surface area (Å²) in [6.45, 7) is 3.11. The molecule has 1 amide bonds. The van der Waals surface area contributed by atoms with Gasteiger partial charge in [-0.1, -0.05) is 6.07 Å². The van der Waals surface area contributed by atoms with Crippen molar-refractivity contribution >= 4 is 5.91 Å². The summed E-state index contributed by atoms with van der Waals surface area (Å²) in [6, 6.07) is 8.35. The van der Waals surface area contributed by atoms with Crippen LogP contribution in [0.2, 0.25) is 0 Å². The number of amides is 1. The highest BCUT2D eigenvalue weighted by atomic mass is 19.1. The van der Waals surface area contributed by atoms with E-state index in [2.05, 4.69) is 4.98 Å². The molecule has 0 bridgehead atoms. The molecule has 114 valence electrons. The summed E-state index contributed by atoms with van der Waals surface area (Å²) in [7, 11) is 0. The monoisotopic (exact) mass is 300 g/mol. The lowest BCUT2D eigenvalue weighted by molar-refractivity contribution is -0.0228. The largest absolute Gasteiger partial charge is 0.370 e. The van der Waals surface area contributed by atoms with Crippen LogP contribution in [-0.2, 0) is 4.74 Å². The van der Waals surface area contributed by atoms with E-state index in [0.29, 0.717) is 30.8 Å². The van der Waals surface area contributed by atoms with Gasteiger partial charge in [0, 0.05) is 24.5 Å². The molecular weight excluding hydrogens is 283 g/mol. The third kappa shape index (κ3) is 2.99. The average molecular weight is 300 g/mol. The first-order chi connectivity index (χ1) is 10.6. The molecule has 0 aliphatic carbocycles. The smallest absolute Gasteiger partial charge is 0.254 e. The number of nitrogens with zero attached hydrogens (tertiary/aromatic N) is 2. The normalized spacial score (nSPS) is 18.3. The highest BCUT2D eigenvalue weighted by Gasteiger charge is 2.26. The van der Waals surface area contributed by atoms with Crippen molar-refractivity contribution in [3.05, 3.63) is 65.2 Å². The molecule has 1 aliphatic rings. The van der Waals surface area contributed by atoms with Gasteiger partial charge >= 0.3 is 0 Å². The SMILES string of the molecule is Cc1ccc(C(=O)N2CCOC(c3ccncc3)C2)cc1F. The van der Waals surface area contributed by atoms with E-state index in [1.807, 2.05) is 12.1 Å². The Labute approximate surface area is 128 Å². The maximum atomic E-state index is 13.6. The molecule has 1 aliphatic heterocycles. The van der Waals surface area contributed by atoms with Gasteiger partial charge in [0.1, 0.15) is 11.9 Å². The topological polar surface area (TPSA) is 42.4 Å². The van der Waals surface area contributed by atoms with Crippen LogP contribution in [-0.4, -0.2) is 35.5 Å². The van der Waals surface area contributed by atoms with Gasteiger partial charge in [-0.2, -0.15) is 0 Å². The summed E-state index contributed by atoms with van der Waals surface area (Å²) in [5.74, 6) is -0.522. The summed E-state index contributed by atoms with van der Waals surface area (Å²) in [4.78, 5) is 18.2. The Kier molecular flexibility index (Phi) is 4.15.